The lowest BCUT2D eigenvalue weighted by atomic mass is 9.94. The number of hydrogen-bond acceptors (Lipinski definition) is 5. The number of hydrazine groups is 1. The predicted octanol–water partition coefficient (Wildman–Crippen LogP) is 1.95. The van der Waals surface area contributed by atoms with Gasteiger partial charge in [-0.15, -0.1) is 11.3 Å². The fourth-order valence-electron chi connectivity index (χ4n) is 2.88. The zero-order valence-corrected chi connectivity index (χ0v) is 11.8. The Balaban J connectivity index is 1.80. The monoisotopic (exact) mass is 274 g/mol. The molecule has 2 heterocycles. The second kappa shape index (κ2) is 5.36. The third kappa shape index (κ3) is 2.54. The molecule has 0 amide bonds. The van der Waals surface area contributed by atoms with Crippen molar-refractivity contribution in [1.82, 2.24) is 15.4 Å². The second-order valence-electron chi connectivity index (χ2n) is 5.03. The van der Waals surface area contributed by atoms with Crippen LogP contribution in [0.3, 0.4) is 0 Å². The first kappa shape index (κ1) is 12.7. The van der Waals surface area contributed by atoms with Crippen molar-refractivity contribution in [1.29, 1.82) is 0 Å². The van der Waals surface area contributed by atoms with Crippen LogP contribution in [0.1, 0.15) is 34.3 Å². The van der Waals surface area contributed by atoms with E-state index >= 15 is 0 Å². The zero-order valence-electron chi connectivity index (χ0n) is 11.0. The van der Waals surface area contributed by atoms with Crippen LogP contribution in [0, 0.1) is 6.92 Å². The van der Waals surface area contributed by atoms with Crippen LogP contribution in [-0.4, -0.2) is 16.0 Å². The molecule has 19 heavy (non-hydrogen) atoms. The lowest BCUT2D eigenvalue weighted by molar-refractivity contribution is 0.426. The summed E-state index contributed by atoms with van der Waals surface area (Å²) in [6, 6.07) is 4.39. The largest absolute Gasteiger partial charge is 0.271 e. The van der Waals surface area contributed by atoms with Gasteiger partial charge < -0.3 is 0 Å². The number of nitrogens with two attached hydrogens (primary N) is 1. The van der Waals surface area contributed by atoms with Gasteiger partial charge in [0.15, 0.2) is 0 Å². The van der Waals surface area contributed by atoms with E-state index in [9.17, 15) is 0 Å². The van der Waals surface area contributed by atoms with Crippen molar-refractivity contribution in [3.8, 4) is 0 Å². The molecule has 3 N–H and O–H groups in total. The van der Waals surface area contributed by atoms with E-state index in [1.54, 1.807) is 11.3 Å². The molecule has 0 aliphatic heterocycles. The van der Waals surface area contributed by atoms with Gasteiger partial charge in [0.05, 0.1) is 10.7 Å². The van der Waals surface area contributed by atoms with E-state index in [1.807, 2.05) is 19.2 Å². The highest BCUT2D eigenvalue weighted by Gasteiger charge is 2.30. The summed E-state index contributed by atoms with van der Waals surface area (Å²) in [7, 11) is 0. The molecule has 0 saturated carbocycles. The van der Waals surface area contributed by atoms with E-state index in [-0.39, 0.29) is 6.04 Å². The number of pyridine rings is 1. The molecule has 2 unspecified atom stereocenters. The zero-order chi connectivity index (χ0) is 13.2. The van der Waals surface area contributed by atoms with Crippen LogP contribution >= 0.6 is 11.3 Å². The Kier molecular flexibility index (Phi) is 3.59. The van der Waals surface area contributed by atoms with Gasteiger partial charge in [-0.3, -0.25) is 16.3 Å². The van der Waals surface area contributed by atoms with Crippen LogP contribution < -0.4 is 11.3 Å². The Hall–Kier alpha value is -1.30. The van der Waals surface area contributed by atoms with E-state index in [0.717, 1.165) is 30.0 Å². The number of nitrogens with one attached hydrogen (secondary N) is 1. The van der Waals surface area contributed by atoms with Gasteiger partial charge in [-0.1, -0.05) is 6.07 Å². The molecule has 0 spiro atoms. The first-order valence-electron chi connectivity index (χ1n) is 6.59. The molecule has 4 nitrogen and oxygen atoms in total. The first-order valence-corrected chi connectivity index (χ1v) is 7.47. The van der Waals surface area contributed by atoms with Gasteiger partial charge in [0.25, 0.3) is 0 Å². The van der Waals surface area contributed by atoms with E-state index in [1.165, 1.54) is 11.3 Å². The number of aromatic nitrogens is 2. The molecule has 0 saturated heterocycles. The smallest absolute Gasteiger partial charge is 0.0897 e. The average molecular weight is 274 g/mol. The fourth-order valence-corrected chi connectivity index (χ4v) is 3.51. The number of hydrogen-bond donors (Lipinski definition) is 2. The number of fused-ring (bicyclic) bond motifs is 1. The van der Waals surface area contributed by atoms with Crippen molar-refractivity contribution in [2.75, 3.05) is 0 Å². The Morgan fingerprint density at radius 2 is 2.47 bits per heavy atom. The van der Waals surface area contributed by atoms with Gasteiger partial charge in [0, 0.05) is 35.7 Å². The van der Waals surface area contributed by atoms with Gasteiger partial charge in [0.2, 0.25) is 0 Å². The van der Waals surface area contributed by atoms with E-state index in [4.69, 9.17) is 5.84 Å². The molecule has 1 aliphatic carbocycles. The summed E-state index contributed by atoms with van der Waals surface area (Å²) in [5, 5.41) is 3.23. The molecule has 3 rings (SSSR count). The minimum Gasteiger partial charge on any atom is -0.271 e. The van der Waals surface area contributed by atoms with Gasteiger partial charge in [0.1, 0.15) is 0 Å². The molecule has 1 aliphatic rings. The van der Waals surface area contributed by atoms with Crippen LogP contribution in [0.15, 0.2) is 23.7 Å². The van der Waals surface area contributed by atoms with Gasteiger partial charge in [-0.2, -0.15) is 0 Å². The third-order valence-electron chi connectivity index (χ3n) is 3.80. The van der Waals surface area contributed by atoms with Gasteiger partial charge >= 0.3 is 0 Å². The molecular weight excluding hydrogens is 256 g/mol. The molecule has 0 aromatic carbocycles. The molecule has 2 aromatic heterocycles. The van der Waals surface area contributed by atoms with Crippen LogP contribution in [0.4, 0.5) is 0 Å². The normalized spacial score (nSPS) is 19.4. The number of rotatable bonds is 4. The highest BCUT2D eigenvalue weighted by atomic mass is 32.1. The SMILES string of the molecule is Cc1nc(CC(NN)C2CCc3cccnc32)cs1. The molecule has 0 fully saturated rings. The van der Waals surface area contributed by atoms with Gasteiger partial charge in [-0.05, 0) is 31.4 Å². The maximum atomic E-state index is 5.76. The van der Waals surface area contributed by atoms with Crippen molar-refractivity contribution in [2.24, 2.45) is 5.84 Å². The van der Waals surface area contributed by atoms with E-state index < -0.39 is 0 Å². The molecule has 2 atom stereocenters. The molecule has 2 aromatic rings. The highest BCUT2D eigenvalue weighted by molar-refractivity contribution is 7.09. The third-order valence-corrected chi connectivity index (χ3v) is 4.62. The van der Waals surface area contributed by atoms with Crippen molar-refractivity contribution in [3.05, 3.63) is 45.7 Å². The summed E-state index contributed by atoms with van der Waals surface area (Å²) < 4.78 is 0. The molecule has 100 valence electrons. The lowest BCUT2D eigenvalue weighted by Crippen LogP contribution is -2.41. The van der Waals surface area contributed by atoms with E-state index in [0.29, 0.717) is 5.92 Å². The van der Waals surface area contributed by atoms with Crippen LogP contribution in [0.5, 0.6) is 0 Å². The minimum atomic E-state index is 0.206. The number of nitrogens with zero attached hydrogens (tertiary/aromatic N) is 2. The van der Waals surface area contributed by atoms with Crippen LogP contribution in [0.25, 0.3) is 0 Å². The molecule has 0 bridgehead atoms. The molecule has 5 heteroatoms. The Labute approximate surface area is 117 Å². The number of aryl methyl sites for hydroxylation is 2. The topological polar surface area (TPSA) is 63.8 Å². The second-order valence-corrected chi connectivity index (χ2v) is 6.09. The Bertz CT molecular complexity index is 566. The van der Waals surface area contributed by atoms with E-state index in [2.05, 4.69) is 26.8 Å². The van der Waals surface area contributed by atoms with Gasteiger partial charge in [-0.25, -0.2) is 4.98 Å². The Morgan fingerprint density at radius 1 is 1.58 bits per heavy atom. The Morgan fingerprint density at radius 3 is 3.21 bits per heavy atom. The summed E-state index contributed by atoms with van der Waals surface area (Å²) in [6.45, 7) is 2.03. The average Bonchev–Trinajstić information content (AvgIpc) is 3.02. The highest BCUT2D eigenvalue weighted by Crippen LogP contribution is 2.34. The van der Waals surface area contributed by atoms with Crippen LogP contribution in [0.2, 0.25) is 0 Å². The summed E-state index contributed by atoms with van der Waals surface area (Å²) in [5.41, 5.74) is 6.66. The summed E-state index contributed by atoms with van der Waals surface area (Å²) >= 11 is 1.69. The summed E-state index contributed by atoms with van der Waals surface area (Å²) in [5.74, 6) is 6.15. The van der Waals surface area contributed by atoms with Crippen LogP contribution in [-0.2, 0) is 12.8 Å². The fraction of sp³-hybridized carbons (Fsp3) is 0.429. The van der Waals surface area contributed by atoms with Crippen molar-refractivity contribution < 1.29 is 0 Å². The maximum Gasteiger partial charge on any atom is 0.0897 e. The molecular formula is C14H18N4S. The quantitative estimate of drug-likeness (QED) is 0.661. The first-order chi connectivity index (χ1) is 9.28. The standard InChI is InChI=1S/C14H18N4S/c1-9-17-11(8-19-9)7-13(18-15)12-5-4-10-3-2-6-16-14(10)12/h2-3,6,8,12-13,18H,4-5,7,15H2,1H3. The number of thiazole rings is 1. The molecule has 0 radical (unpaired) electrons. The lowest BCUT2D eigenvalue weighted by Gasteiger charge is -2.22. The summed E-state index contributed by atoms with van der Waals surface area (Å²) in [6.07, 6.45) is 4.95. The minimum absolute atomic E-state index is 0.206. The summed E-state index contributed by atoms with van der Waals surface area (Å²) in [4.78, 5) is 9.07. The van der Waals surface area contributed by atoms with Crippen molar-refractivity contribution in [2.45, 2.75) is 38.1 Å². The maximum absolute atomic E-state index is 5.76. The van der Waals surface area contributed by atoms with Crippen molar-refractivity contribution in [3.63, 3.8) is 0 Å². The predicted molar refractivity (Wildman–Crippen MR) is 77.0 cm³/mol. The van der Waals surface area contributed by atoms with Crippen molar-refractivity contribution >= 4 is 11.3 Å².